The van der Waals surface area contributed by atoms with Crippen LogP contribution in [0.4, 0.5) is 0 Å². The molecular formula is C16H29N3O. The fourth-order valence-electron chi connectivity index (χ4n) is 5.13. The lowest BCUT2D eigenvalue weighted by Gasteiger charge is -2.54. The number of guanidine groups is 1. The molecule has 0 radical (unpaired) electrons. The molecule has 4 nitrogen and oxygen atoms in total. The first-order valence-electron chi connectivity index (χ1n) is 8.21. The summed E-state index contributed by atoms with van der Waals surface area (Å²) >= 11 is 0. The van der Waals surface area contributed by atoms with Crippen molar-refractivity contribution in [3.8, 4) is 0 Å². The summed E-state index contributed by atoms with van der Waals surface area (Å²) < 4.78 is 5.10. The number of methoxy groups -OCH3 is 1. The molecule has 4 heteroatoms. The molecule has 0 aromatic heterocycles. The van der Waals surface area contributed by atoms with Crippen molar-refractivity contribution in [1.29, 1.82) is 0 Å². The van der Waals surface area contributed by atoms with Crippen LogP contribution in [0.15, 0.2) is 4.99 Å². The second-order valence-corrected chi connectivity index (χ2v) is 7.32. The summed E-state index contributed by atoms with van der Waals surface area (Å²) in [5, 5.41) is 3.21. The normalized spacial score (nSPS) is 40.9. The molecule has 0 amide bonds. The summed E-state index contributed by atoms with van der Waals surface area (Å²) in [5.74, 6) is 5.31. The molecule has 0 aliphatic heterocycles. The van der Waals surface area contributed by atoms with Crippen molar-refractivity contribution in [2.24, 2.45) is 40.3 Å². The Bertz CT molecular complexity index is 341. The number of nitrogens with two attached hydrogens (primary N) is 1. The molecule has 4 bridgehead atoms. The van der Waals surface area contributed by atoms with E-state index in [4.69, 9.17) is 10.5 Å². The minimum Gasteiger partial charge on any atom is -0.383 e. The topological polar surface area (TPSA) is 59.6 Å². The Kier molecular flexibility index (Phi) is 4.20. The Morgan fingerprint density at radius 3 is 2.35 bits per heavy atom. The van der Waals surface area contributed by atoms with E-state index in [9.17, 15) is 0 Å². The number of hydrogen-bond donors (Lipinski definition) is 2. The second kappa shape index (κ2) is 5.92. The van der Waals surface area contributed by atoms with Crippen LogP contribution in [0, 0.1) is 29.6 Å². The first-order valence-corrected chi connectivity index (χ1v) is 8.21. The summed E-state index contributed by atoms with van der Waals surface area (Å²) in [6.45, 7) is 3.65. The van der Waals surface area contributed by atoms with Crippen LogP contribution in [0.3, 0.4) is 0 Å². The van der Waals surface area contributed by atoms with Crippen molar-refractivity contribution in [2.45, 2.75) is 45.1 Å². The van der Waals surface area contributed by atoms with Gasteiger partial charge in [0.25, 0.3) is 0 Å². The van der Waals surface area contributed by atoms with Crippen LogP contribution < -0.4 is 11.1 Å². The van der Waals surface area contributed by atoms with E-state index in [1.165, 1.54) is 32.1 Å². The molecule has 4 fully saturated rings. The monoisotopic (exact) mass is 279 g/mol. The molecule has 1 unspecified atom stereocenters. The van der Waals surface area contributed by atoms with Crippen LogP contribution in [0.5, 0.6) is 0 Å². The van der Waals surface area contributed by atoms with E-state index >= 15 is 0 Å². The van der Waals surface area contributed by atoms with Crippen LogP contribution in [0.1, 0.15) is 39.0 Å². The number of ether oxygens (including phenoxy) is 1. The van der Waals surface area contributed by atoms with Gasteiger partial charge >= 0.3 is 0 Å². The van der Waals surface area contributed by atoms with Gasteiger partial charge in [0.2, 0.25) is 0 Å². The van der Waals surface area contributed by atoms with Gasteiger partial charge in [0.05, 0.1) is 6.61 Å². The Hall–Kier alpha value is -0.770. The van der Waals surface area contributed by atoms with Crippen molar-refractivity contribution in [1.82, 2.24) is 5.32 Å². The zero-order valence-corrected chi connectivity index (χ0v) is 12.8. The maximum absolute atomic E-state index is 5.99. The molecule has 0 aromatic rings. The van der Waals surface area contributed by atoms with Gasteiger partial charge in [-0.1, -0.05) is 0 Å². The van der Waals surface area contributed by atoms with E-state index < -0.39 is 0 Å². The average molecular weight is 279 g/mol. The summed E-state index contributed by atoms with van der Waals surface area (Å²) in [4.78, 5) is 4.62. The third-order valence-electron chi connectivity index (χ3n) is 5.71. The van der Waals surface area contributed by atoms with E-state index in [0.29, 0.717) is 12.6 Å². The van der Waals surface area contributed by atoms with Gasteiger partial charge in [0, 0.05) is 19.7 Å². The van der Waals surface area contributed by atoms with Crippen LogP contribution in [0.25, 0.3) is 0 Å². The molecule has 3 N–H and O–H groups in total. The molecule has 0 spiro atoms. The summed E-state index contributed by atoms with van der Waals surface area (Å²) in [7, 11) is 1.71. The fraction of sp³-hybridized carbons (Fsp3) is 0.938. The van der Waals surface area contributed by atoms with Crippen LogP contribution in [-0.4, -0.2) is 32.3 Å². The third kappa shape index (κ3) is 2.95. The first kappa shape index (κ1) is 14.2. The van der Waals surface area contributed by atoms with Crippen molar-refractivity contribution in [3.05, 3.63) is 0 Å². The molecule has 4 rings (SSSR count). The van der Waals surface area contributed by atoms with Crippen molar-refractivity contribution >= 4 is 5.96 Å². The Labute approximate surface area is 122 Å². The van der Waals surface area contributed by atoms with Gasteiger partial charge in [-0.3, -0.25) is 4.99 Å². The molecule has 20 heavy (non-hydrogen) atoms. The standard InChI is InChI=1S/C16H29N3O/c1-10(9-20-2)19-16(17)18-8-15-13-4-11-3-12(6-13)7-14(15)5-11/h10-15H,3-9H2,1-2H3,(H3,17,18,19). The number of hydrogen-bond acceptors (Lipinski definition) is 2. The van der Waals surface area contributed by atoms with E-state index in [0.717, 1.165) is 36.1 Å². The molecule has 1 atom stereocenters. The lowest BCUT2D eigenvalue weighted by Crippen LogP contribution is -2.47. The lowest BCUT2D eigenvalue weighted by atomic mass is 9.52. The van der Waals surface area contributed by atoms with E-state index in [2.05, 4.69) is 17.2 Å². The fourth-order valence-corrected chi connectivity index (χ4v) is 5.13. The maximum atomic E-state index is 5.99. The van der Waals surface area contributed by atoms with Gasteiger partial charge in [-0.15, -0.1) is 0 Å². The first-order chi connectivity index (χ1) is 9.65. The quantitative estimate of drug-likeness (QED) is 0.598. The third-order valence-corrected chi connectivity index (χ3v) is 5.71. The SMILES string of the molecule is COCC(C)NC(N)=NCC1C2CC3CC(C2)CC1C3. The zero-order valence-electron chi connectivity index (χ0n) is 12.8. The molecular weight excluding hydrogens is 250 g/mol. The Morgan fingerprint density at radius 1 is 1.20 bits per heavy atom. The van der Waals surface area contributed by atoms with Crippen molar-refractivity contribution in [2.75, 3.05) is 20.3 Å². The van der Waals surface area contributed by atoms with Crippen LogP contribution in [0.2, 0.25) is 0 Å². The van der Waals surface area contributed by atoms with Crippen LogP contribution in [-0.2, 0) is 4.74 Å². The minimum absolute atomic E-state index is 0.224. The molecule has 0 aromatic carbocycles. The molecule has 4 aliphatic rings. The smallest absolute Gasteiger partial charge is 0.188 e. The molecule has 114 valence electrons. The van der Waals surface area contributed by atoms with Gasteiger partial charge in [0.1, 0.15) is 0 Å². The van der Waals surface area contributed by atoms with Gasteiger partial charge < -0.3 is 15.8 Å². The van der Waals surface area contributed by atoms with Crippen molar-refractivity contribution in [3.63, 3.8) is 0 Å². The summed E-state index contributed by atoms with van der Waals surface area (Å²) in [5.41, 5.74) is 5.99. The van der Waals surface area contributed by atoms with Gasteiger partial charge in [-0.25, -0.2) is 0 Å². The molecule has 0 heterocycles. The number of rotatable bonds is 5. The highest BCUT2D eigenvalue weighted by atomic mass is 16.5. The lowest BCUT2D eigenvalue weighted by molar-refractivity contribution is -0.0320. The van der Waals surface area contributed by atoms with Crippen LogP contribution >= 0.6 is 0 Å². The highest BCUT2D eigenvalue weighted by Crippen LogP contribution is 2.56. The summed E-state index contributed by atoms with van der Waals surface area (Å²) in [6, 6.07) is 0.224. The predicted molar refractivity (Wildman–Crippen MR) is 81.5 cm³/mol. The van der Waals surface area contributed by atoms with Gasteiger partial charge in [-0.05, 0) is 68.6 Å². The van der Waals surface area contributed by atoms with Crippen molar-refractivity contribution < 1.29 is 4.74 Å². The Balaban J connectivity index is 1.53. The predicted octanol–water partition coefficient (Wildman–Crippen LogP) is 2.00. The number of nitrogens with zero attached hydrogens (tertiary/aromatic N) is 1. The Morgan fingerprint density at radius 2 is 1.80 bits per heavy atom. The highest BCUT2D eigenvalue weighted by molar-refractivity contribution is 5.78. The maximum Gasteiger partial charge on any atom is 0.188 e. The largest absolute Gasteiger partial charge is 0.383 e. The van der Waals surface area contributed by atoms with E-state index in [1.54, 1.807) is 7.11 Å². The average Bonchev–Trinajstić information content (AvgIpc) is 2.37. The summed E-state index contributed by atoms with van der Waals surface area (Å²) in [6.07, 6.45) is 7.35. The molecule has 0 saturated heterocycles. The second-order valence-electron chi connectivity index (χ2n) is 7.32. The molecule has 4 aliphatic carbocycles. The van der Waals surface area contributed by atoms with Gasteiger partial charge in [-0.2, -0.15) is 0 Å². The minimum atomic E-state index is 0.224. The van der Waals surface area contributed by atoms with Gasteiger partial charge in [0.15, 0.2) is 5.96 Å². The number of aliphatic imine (C=N–C) groups is 1. The number of nitrogens with one attached hydrogen (secondary N) is 1. The zero-order chi connectivity index (χ0) is 14.1. The molecule has 4 saturated carbocycles. The highest BCUT2D eigenvalue weighted by Gasteiger charge is 2.47. The van der Waals surface area contributed by atoms with E-state index in [-0.39, 0.29) is 6.04 Å². The van der Waals surface area contributed by atoms with E-state index in [1.807, 2.05) is 0 Å².